The number of esters is 2. The first-order valence-corrected chi connectivity index (χ1v) is 19.7. The van der Waals surface area contributed by atoms with Crippen molar-refractivity contribution >= 4 is 41.2 Å². The van der Waals surface area contributed by atoms with E-state index in [2.05, 4.69) is 38.3 Å². The number of amides is 2. The Kier molecular flexibility index (Phi) is 16.2. The third-order valence-corrected chi connectivity index (χ3v) is 9.27. The van der Waals surface area contributed by atoms with E-state index in [1.165, 1.54) is 4.90 Å². The summed E-state index contributed by atoms with van der Waals surface area (Å²) in [5.41, 5.74) is 2.08. The number of carbonyl (C=O) groups is 3. The first kappa shape index (κ1) is 42.4. The van der Waals surface area contributed by atoms with Crippen molar-refractivity contribution in [1.82, 2.24) is 20.3 Å². The number of hydrogen-bond acceptors (Lipinski definition) is 9. The van der Waals surface area contributed by atoms with E-state index in [1.54, 1.807) is 60.7 Å². The topological polar surface area (TPSA) is 136 Å². The average Bonchev–Trinajstić information content (AvgIpc) is 3.18. The van der Waals surface area contributed by atoms with Gasteiger partial charge in [-0.2, -0.15) is 15.0 Å². The van der Waals surface area contributed by atoms with Gasteiger partial charge in [0.15, 0.2) is 5.82 Å². The van der Waals surface area contributed by atoms with E-state index in [0.29, 0.717) is 53.1 Å². The van der Waals surface area contributed by atoms with Crippen LogP contribution in [0.2, 0.25) is 0 Å². The van der Waals surface area contributed by atoms with Crippen LogP contribution in [0.1, 0.15) is 121 Å². The van der Waals surface area contributed by atoms with Crippen LogP contribution in [-0.2, 0) is 9.47 Å². The Hall–Kier alpha value is -5.32. The van der Waals surface area contributed by atoms with Crippen molar-refractivity contribution in [2.45, 2.75) is 105 Å². The van der Waals surface area contributed by atoms with Crippen LogP contribution in [-0.4, -0.2) is 51.7 Å². The predicted molar refractivity (Wildman–Crippen MR) is 219 cm³/mol. The molecule has 2 atom stereocenters. The number of ether oxygens (including phenoxy) is 2. The minimum Gasteiger partial charge on any atom is -0.462 e. The maximum absolute atomic E-state index is 13.9. The number of unbranched alkanes of at least 4 members (excludes halogenated alkanes) is 2. The minimum absolute atomic E-state index is 0.0790. The quantitative estimate of drug-likeness (QED) is 0.0897. The second-order valence-corrected chi connectivity index (χ2v) is 14.9. The molecular weight excluding hydrogens is 693 g/mol. The fourth-order valence-electron chi connectivity index (χ4n) is 5.85. The lowest BCUT2D eigenvalue weighted by atomic mass is 10.0. The summed E-state index contributed by atoms with van der Waals surface area (Å²) >= 11 is 0. The molecule has 1 aromatic heterocycles. The summed E-state index contributed by atoms with van der Waals surface area (Å²) in [6.45, 7) is 15.0. The molecule has 294 valence electrons. The van der Waals surface area contributed by atoms with Crippen molar-refractivity contribution in [3.05, 3.63) is 90.0 Å². The summed E-state index contributed by atoms with van der Waals surface area (Å²) in [6.07, 6.45) is 8.41. The SMILES string of the molecule is CCCCC(CC)COC(=O)c1ccc(Nc2nc(-c3ccc(C(=O)OCC(CC)CCCC)cc3)nc(N(C(=O)NC(C)(C)C)c3ccccc3)n2)cc1. The number of benzene rings is 3. The molecule has 0 spiro atoms. The van der Waals surface area contributed by atoms with Crippen molar-refractivity contribution in [3.63, 3.8) is 0 Å². The molecule has 2 N–H and O–H groups in total. The second-order valence-electron chi connectivity index (χ2n) is 14.9. The molecular formula is C44H58N6O5. The van der Waals surface area contributed by atoms with E-state index < -0.39 is 11.6 Å². The molecule has 11 heteroatoms. The number of para-hydroxylation sites is 1. The highest BCUT2D eigenvalue weighted by atomic mass is 16.5. The monoisotopic (exact) mass is 750 g/mol. The zero-order valence-corrected chi connectivity index (χ0v) is 33.6. The Morgan fingerprint density at radius 1 is 0.691 bits per heavy atom. The lowest BCUT2D eigenvalue weighted by Gasteiger charge is -2.27. The lowest BCUT2D eigenvalue weighted by molar-refractivity contribution is 0.0419. The van der Waals surface area contributed by atoms with Gasteiger partial charge in [-0.25, -0.2) is 19.3 Å². The molecule has 0 radical (unpaired) electrons. The Labute approximate surface area is 326 Å². The number of hydrogen-bond donors (Lipinski definition) is 2. The van der Waals surface area contributed by atoms with E-state index in [0.717, 1.165) is 51.4 Å². The molecule has 0 aliphatic carbocycles. The largest absolute Gasteiger partial charge is 0.462 e. The summed E-state index contributed by atoms with van der Waals surface area (Å²) in [5, 5.41) is 6.24. The molecule has 3 aromatic carbocycles. The maximum Gasteiger partial charge on any atom is 0.338 e. The van der Waals surface area contributed by atoms with Crippen LogP contribution in [0.4, 0.5) is 28.1 Å². The van der Waals surface area contributed by atoms with Crippen LogP contribution in [0.5, 0.6) is 0 Å². The maximum atomic E-state index is 13.9. The van der Waals surface area contributed by atoms with Crippen LogP contribution in [0.25, 0.3) is 11.4 Å². The number of anilines is 4. The Morgan fingerprint density at radius 3 is 1.71 bits per heavy atom. The van der Waals surface area contributed by atoms with Gasteiger partial charge in [0.2, 0.25) is 11.9 Å². The molecule has 4 rings (SSSR count). The van der Waals surface area contributed by atoms with Crippen LogP contribution in [0, 0.1) is 11.8 Å². The van der Waals surface area contributed by atoms with E-state index >= 15 is 0 Å². The third kappa shape index (κ3) is 13.2. The summed E-state index contributed by atoms with van der Waals surface area (Å²) in [6, 6.07) is 22.5. The lowest BCUT2D eigenvalue weighted by Crippen LogP contribution is -2.47. The highest BCUT2D eigenvalue weighted by molar-refractivity contribution is 5.98. The molecule has 0 fully saturated rings. The number of nitrogens with one attached hydrogen (secondary N) is 2. The Bertz CT molecular complexity index is 1810. The van der Waals surface area contributed by atoms with Gasteiger partial charge in [-0.1, -0.05) is 96.6 Å². The number of rotatable bonds is 19. The van der Waals surface area contributed by atoms with Gasteiger partial charge in [0.1, 0.15) is 0 Å². The van der Waals surface area contributed by atoms with Crippen molar-refractivity contribution in [2.24, 2.45) is 11.8 Å². The minimum atomic E-state index is -0.547. The zero-order valence-electron chi connectivity index (χ0n) is 33.6. The molecule has 1 heterocycles. The van der Waals surface area contributed by atoms with Gasteiger partial charge in [-0.15, -0.1) is 0 Å². The normalized spacial score (nSPS) is 12.3. The van der Waals surface area contributed by atoms with E-state index in [1.807, 2.05) is 39.0 Å². The van der Waals surface area contributed by atoms with Gasteiger partial charge in [0, 0.05) is 16.8 Å². The summed E-state index contributed by atoms with van der Waals surface area (Å²) in [5.74, 6) is 0.442. The smallest absolute Gasteiger partial charge is 0.338 e. The summed E-state index contributed by atoms with van der Waals surface area (Å²) < 4.78 is 11.3. The van der Waals surface area contributed by atoms with Crippen LogP contribution < -0.4 is 15.5 Å². The van der Waals surface area contributed by atoms with Crippen LogP contribution in [0.3, 0.4) is 0 Å². The molecule has 0 aliphatic rings. The van der Waals surface area contributed by atoms with Crippen molar-refractivity contribution in [3.8, 4) is 11.4 Å². The molecule has 2 unspecified atom stereocenters. The molecule has 55 heavy (non-hydrogen) atoms. The first-order valence-electron chi connectivity index (χ1n) is 19.7. The van der Waals surface area contributed by atoms with E-state index in [4.69, 9.17) is 24.4 Å². The third-order valence-electron chi connectivity index (χ3n) is 9.27. The fourth-order valence-corrected chi connectivity index (χ4v) is 5.85. The highest BCUT2D eigenvalue weighted by Gasteiger charge is 2.26. The molecule has 0 saturated heterocycles. The molecule has 11 nitrogen and oxygen atoms in total. The van der Waals surface area contributed by atoms with Crippen molar-refractivity contribution < 1.29 is 23.9 Å². The highest BCUT2D eigenvalue weighted by Crippen LogP contribution is 2.28. The van der Waals surface area contributed by atoms with Crippen molar-refractivity contribution in [2.75, 3.05) is 23.4 Å². The Morgan fingerprint density at radius 2 is 1.22 bits per heavy atom. The first-order chi connectivity index (χ1) is 26.4. The number of urea groups is 1. The van der Waals surface area contributed by atoms with E-state index in [-0.39, 0.29) is 29.7 Å². The molecule has 0 aliphatic heterocycles. The van der Waals surface area contributed by atoms with Gasteiger partial charge >= 0.3 is 18.0 Å². The number of nitrogens with zero attached hydrogens (tertiary/aromatic N) is 4. The number of aromatic nitrogens is 3. The molecule has 0 bridgehead atoms. The van der Waals surface area contributed by atoms with E-state index in [9.17, 15) is 14.4 Å². The second kappa shape index (κ2) is 21.0. The number of carbonyl (C=O) groups excluding carboxylic acids is 3. The van der Waals surface area contributed by atoms with Gasteiger partial charge in [-0.05, 0) is 94.0 Å². The standard InChI is InChI=1S/C44H58N6O5/c1-8-12-17-31(10-3)29-54-39(51)34-23-21-33(22-24-34)38-46-41(45-36-27-25-35(26-28-36)40(52)55-30-32(11-4)18-13-9-2)48-42(47-38)50(37-19-15-14-16-20-37)43(53)49-44(5,6)7/h14-16,19-28,31-32H,8-13,17-18,29-30H2,1-7H3,(H,49,53)(H,45,46,47,48). The molecule has 2 amide bonds. The average molecular weight is 751 g/mol. The van der Waals surface area contributed by atoms with Gasteiger partial charge in [-0.3, -0.25) is 0 Å². The fraction of sp³-hybridized carbons (Fsp3) is 0.455. The van der Waals surface area contributed by atoms with Gasteiger partial charge in [0.05, 0.1) is 30.0 Å². The van der Waals surface area contributed by atoms with Gasteiger partial charge in [0.25, 0.3) is 0 Å². The molecule has 4 aromatic rings. The van der Waals surface area contributed by atoms with Crippen LogP contribution >= 0.6 is 0 Å². The summed E-state index contributed by atoms with van der Waals surface area (Å²) in [4.78, 5) is 55.3. The predicted octanol–water partition coefficient (Wildman–Crippen LogP) is 10.7. The molecule has 0 saturated carbocycles. The Balaban J connectivity index is 1.64. The zero-order chi connectivity index (χ0) is 39.8. The summed E-state index contributed by atoms with van der Waals surface area (Å²) in [7, 11) is 0. The van der Waals surface area contributed by atoms with Crippen molar-refractivity contribution in [1.29, 1.82) is 0 Å². The van der Waals surface area contributed by atoms with Gasteiger partial charge < -0.3 is 20.1 Å². The van der Waals surface area contributed by atoms with Crippen LogP contribution in [0.15, 0.2) is 78.9 Å².